The highest BCUT2D eigenvalue weighted by atomic mass is 79.9. The van der Waals surface area contributed by atoms with Gasteiger partial charge in [0.15, 0.2) is 0 Å². The van der Waals surface area contributed by atoms with Gasteiger partial charge in [-0.2, -0.15) is 0 Å². The van der Waals surface area contributed by atoms with Gasteiger partial charge in [0.25, 0.3) is 5.91 Å². The van der Waals surface area contributed by atoms with E-state index >= 15 is 0 Å². The molecule has 2 aromatic carbocycles. The number of amides is 1. The van der Waals surface area contributed by atoms with Crippen LogP contribution >= 0.6 is 38.9 Å². The fraction of sp³-hybridized carbons (Fsp3) is 0.0556. The number of halogens is 2. The molecule has 0 spiro atoms. The molecule has 2 N–H and O–H groups in total. The zero-order chi connectivity index (χ0) is 19.4. The van der Waals surface area contributed by atoms with Crippen LogP contribution in [0.15, 0.2) is 69.3 Å². The Morgan fingerprint density at radius 3 is 2.52 bits per heavy atom. The largest absolute Gasteiger partial charge is 0.322 e. The van der Waals surface area contributed by atoms with E-state index in [1.807, 2.05) is 17.5 Å². The lowest BCUT2D eigenvalue weighted by Gasteiger charge is -2.10. The molecule has 27 heavy (non-hydrogen) atoms. The van der Waals surface area contributed by atoms with Crippen LogP contribution in [0.5, 0.6) is 0 Å². The zero-order valence-electron chi connectivity index (χ0n) is 13.8. The third-order valence-corrected chi connectivity index (χ3v) is 6.74. The molecular weight excluding hydrogens is 472 g/mol. The molecule has 0 saturated heterocycles. The predicted molar refractivity (Wildman–Crippen MR) is 112 cm³/mol. The van der Waals surface area contributed by atoms with E-state index < -0.39 is 15.9 Å². The lowest BCUT2D eigenvalue weighted by atomic mass is 10.2. The fourth-order valence-corrected chi connectivity index (χ4v) is 4.48. The minimum Gasteiger partial charge on any atom is -0.322 e. The standard InChI is InChI=1S/C18H14BrClN2O3S2/c19-12-3-5-13(6-4-12)22-18(23)16-10-15(7-8-17(16)20)27(24,25)21-11-14-2-1-9-26-14/h1-10,21H,11H2,(H,22,23). The first kappa shape index (κ1) is 20.0. The van der Waals surface area contributed by atoms with Gasteiger partial charge in [0.1, 0.15) is 0 Å². The summed E-state index contributed by atoms with van der Waals surface area (Å²) in [7, 11) is -3.78. The smallest absolute Gasteiger partial charge is 0.257 e. The number of hydrogen-bond donors (Lipinski definition) is 2. The Bertz CT molecular complexity index is 1050. The summed E-state index contributed by atoms with van der Waals surface area (Å²) in [4.78, 5) is 13.4. The van der Waals surface area contributed by atoms with Crippen molar-refractivity contribution >= 4 is 60.5 Å². The van der Waals surface area contributed by atoms with Crippen LogP contribution in [0.3, 0.4) is 0 Å². The number of rotatable bonds is 6. The van der Waals surface area contributed by atoms with Crippen molar-refractivity contribution in [1.82, 2.24) is 4.72 Å². The van der Waals surface area contributed by atoms with Crippen molar-refractivity contribution in [3.8, 4) is 0 Å². The highest BCUT2D eigenvalue weighted by molar-refractivity contribution is 9.10. The van der Waals surface area contributed by atoms with Gasteiger partial charge < -0.3 is 5.32 Å². The van der Waals surface area contributed by atoms with Crippen LogP contribution < -0.4 is 10.0 Å². The number of benzene rings is 2. The molecule has 0 aliphatic heterocycles. The van der Waals surface area contributed by atoms with E-state index in [9.17, 15) is 13.2 Å². The van der Waals surface area contributed by atoms with E-state index in [1.54, 1.807) is 24.3 Å². The summed E-state index contributed by atoms with van der Waals surface area (Å²) < 4.78 is 28.4. The van der Waals surface area contributed by atoms with Crippen molar-refractivity contribution < 1.29 is 13.2 Å². The van der Waals surface area contributed by atoms with E-state index in [1.165, 1.54) is 29.5 Å². The molecule has 140 valence electrons. The molecule has 1 heterocycles. The van der Waals surface area contributed by atoms with Gasteiger partial charge in [-0.1, -0.05) is 33.6 Å². The number of hydrogen-bond acceptors (Lipinski definition) is 4. The lowest BCUT2D eigenvalue weighted by Crippen LogP contribution is -2.23. The van der Waals surface area contributed by atoms with E-state index in [4.69, 9.17) is 11.6 Å². The molecule has 0 aliphatic rings. The van der Waals surface area contributed by atoms with Crippen molar-refractivity contribution in [3.63, 3.8) is 0 Å². The molecule has 0 aliphatic carbocycles. The molecule has 0 atom stereocenters. The predicted octanol–water partition coefficient (Wildman–Crippen LogP) is 4.89. The number of anilines is 1. The summed E-state index contributed by atoms with van der Waals surface area (Å²) in [5, 5.41) is 4.74. The van der Waals surface area contributed by atoms with Crippen LogP contribution in [0.1, 0.15) is 15.2 Å². The average Bonchev–Trinajstić information content (AvgIpc) is 3.16. The molecule has 3 aromatic rings. The van der Waals surface area contributed by atoms with Crippen molar-refractivity contribution in [2.75, 3.05) is 5.32 Å². The Morgan fingerprint density at radius 1 is 1.11 bits per heavy atom. The fourth-order valence-electron chi connectivity index (χ4n) is 2.24. The van der Waals surface area contributed by atoms with Crippen molar-refractivity contribution in [2.24, 2.45) is 0 Å². The molecule has 0 saturated carbocycles. The normalized spacial score (nSPS) is 11.3. The zero-order valence-corrected chi connectivity index (χ0v) is 17.8. The molecule has 0 fully saturated rings. The quantitative estimate of drug-likeness (QED) is 0.522. The highest BCUT2D eigenvalue weighted by Gasteiger charge is 2.19. The van der Waals surface area contributed by atoms with E-state index in [2.05, 4.69) is 26.0 Å². The molecule has 0 radical (unpaired) electrons. The van der Waals surface area contributed by atoms with Gasteiger partial charge in [-0.3, -0.25) is 4.79 Å². The molecule has 9 heteroatoms. The Balaban J connectivity index is 1.80. The summed E-state index contributed by atoms with van der Waals surface area (Å²) in [5.41, 5.74) is 0.655. The third kappa shape index (κ3) is 5.18. The Kier molecular flexibility index (Phi) is 6.33. The number of nitrogens with one attached hydrogen (secondary N) is 2. The summed E-state index contributed by atoms with van der Waals surface area (Å²) in [6, 6.07) is 14.7. The Hall–Kier alpha value is -1.71. The van der Waals surface area contributed by atoms with Crippen molar-refractivity contribution in [2.45, 2.75) is 11.4 Å². The maximum absolute atomic E-state index is 12.5. The molecule has 3 rings (SSSR count). The first-order valence-corrected chi connectivity index (χ1v) is 11.3. The third-order valence-electron chi connectivity index (χ3n) is 3.61. The monoisotopic (exact) mass is 484 g/mol. The first-order chi connectivity index (χ1) is 12.8. The SMILES string of the molecule is O=C(Nc1ccc(Br)cc1)c1cc(S(=O)(=O)NCc2cccs2)ccc1Cl. The van der Waals surface area contributed by atoms with Gasteiger partial charge in [-0.05, 0) is 53.9 Å². The summed E-state index contributed by atoms with van der Waals surface area (Å²) in [6.07, 6.45) is 0. The van der Waals surface area contributed by atoms with Crippen LogP contribution in [-0.2, 0) is 16.6 Å². The molecule has 0 unspecified atom stereocenters. The maximum Gasteiger partial charge on any atom is 0.257 e. The van der Waals surface area contributed by atoms with Crippen LogP contribution in [-0.4, -0.2) is 14.3 Å². The van der Waals surface area contributed by atoms with Gasteiger partial charge in [0.2, 0.25) is 10.0 Å². The molecule has 5 nitrogen and oxygen atoms in total. The minimum absolute atomic E-state index is 0.0237. The van der Waals surface area contributed by atoms with Gasteiger partial charge >= 0.3 is 0 Å². The highest BCUT2D eigenvalue weighted by Crippen LogP contribution is 2.23. The van der Waals surface area contributed by atoms with Crippen LogP contribution in [0.2, 0.25) is 5.02 Å². The van der Waals surface area contributed by atoms with Gasteiger partial charge in [0, 0.05) is 21.6 Å². The van der Waals surface area contributed by atoms with Crippen molar-refractivity contribution in [3.05, 3.63) is 79.9 Å². The van der Waals surface area contributed by atoms with E-state index in [0.29, 0.717) is 5.69 Å². The summed E-state index contributed by atoms with van der Waals surface area (Å²) >= 11 is 10.9. The van der Waals surface area contributed by atoms with Crippen LogP contribution in [0, 0.1) is 0 Å². The molecule has 1 aromatic heterocycles. The van der Waals surface area contributed by atoms with Crippen LogP contribution in [0.25, 0.3) is 0 Å². The second kappa shape index (κ2) is 8.53. The van der Waals surface area contributed by atoms with Gasteiger partial charge in [0.05, 0.1) is 15.5 Å². The summed E-state index contributed by atoms with van der Waals surface area (Å²) in [5.74, 6) is -0.488. The second-order valence-corrected chi connectivity index (χ2v) is 9.63. The van der Waals surface area contributed by atoms with Crippen molar-refractivity contribution in [1.29, 1.82) is 0 Å². The topological polar surface area (TPSA) is 75.3 Å². The van der Waals surface area contributed by atoms with Gasteiger partial charge in [-0.15, -0.1) is 11.3 Å². The second-order valence-electron chi connectivity index (χ2n) is 5.51. The molecular formula is C18H14BrClN2O3S2. The van der Waals surface area contributed by atoms with E-state index in [-0.39, 0.29) is 22.0 Å². The van der Waals surface area contributed by atoms with E-state index in [0.717, 1.165) is 9.35 Å². The number of thiophene rings is 1. The summed E-state index contributed by atoms with van der Waals surface area (Å²) in [6.45, 7) is 0.184. The maximum atomic E-state index is 12.5. The Labute approximate surface area is 174 Å². The number of sulfonamides is 1. The number of carbonyl (C=O) groups excluding carboxylic acids is 1. The minimum atomic E-state index is -3.78. The van der Waals surface area contributed by atoms with Crippen LogP contribution in [0.4, 0.5) is 5.69 Å². The number of carbonyl (C=O) groups is 1. The average molecular weight is 486 g/mol. The Morgan fingerprint density at radius 2 is 1.85 bits per heavy atom. The van der Waals surface area contributed by atoms with Gasteiger partial charge in [-0.25, -0.2) is 13.1 Å². The first-order valence-electron chi connectivity index (χ1n) is 7.74. The molecule has 0 bridgehead atoms. The molecule has 1 amide bonds. The lowest BCUT2D eigenvalue weighted by molar-refractivity contribution is 0.102.